The lowest BCUT2D eigenvalue weighted by molar-refractivity contribution is -0.137. The number of nitrogens with two attached hydrogens (primary N) is 1. The summed E-state index contributed by atoms with van der Waals surface area (Å²) in [5, 5.41) is 8.61. The molecule has 3 N–H and O–H groups in total. The van der Waals surface area contributed by atoms with E-state index in [1.807, 2.05) is 6.20 Å². The van der Waals surface area contributed by atoms with E-state index in [9.17, 15) is 14.4 Å². The van der Waals surface area contributed by atoms with Gasteiger partial charge in [0.1, 0.15) is 4.32 Å². The number of carboxylic acids is 1. The van der Waals surface area contributed by atoms with Crippen LogP contribution in [0.4, 0.5) is 0 Å². The minimum absolute atomic E-state index is 0.0135. The highest BCUT2D eigenvalue weighted by Crippen LogP contribution is 2.32. The van der Waals surface area contributed by atoms with Crippen LogP contribution in [-0.2, 0) is 14.4 Å². The molecular formula is C21H33N3O4S2. The minimum Gasteiger partial charge on any atom is -0.481 e. The van der Waals surface area contributed by atoms with Crippen LogP contribution in [0.25, 0.3) is 0 Å². The molecule has 0 radical (unpaired) electrons. The molecule has 30 heavy (non-hydrogen) atoms. The molecule has 0 aliphatic carbocycles. The molecule has 0 aromatic carbocycles. The Bertz CT molecular complexity index is 661. The Kier molecular flexibility index (Phi) is 10.6. The standard InChI is InChI=1S/C21H33N3O4S2/c22-19(27)16-10-13-23(14-11-16)15-17-20(28)24(21(29)30-17)12-8-6-4-2-1-3-5-7-9-18(25)26/h15-16H,1-14H2,(H2,22,27)(H,25,26)/b17-15+. The summed E-state index contributed by atoms with van der Waals surface area (Å²) in [7, 11) is 0. The fourth-order valence-corrected chi connectivity index (χ4v) is 5.08. The van der Waals surface area contributed by atoms with E-state index >= 15 is 0 Å². The van der Waals surface area contributed by atoms with Crippen LogP contribution in [0, 0.1) is 5.92 Å². The molecule has 0 aromatic heterocycles. The number of hydrogen-bond donors (Lipinski definition) is 2. The number of aliphatic carboxylic acids is 1. The number of thiocarbonyl (C=S) groups is 1. The van der Waals surface area contributed by atoms with Crippen molar-refractivity contribution in [3.8, 4) is 0 Å². The Labute approximate surface area is 188 Å². The molecule has 2 aliphatic rings. The van der Waals surface area contributed by atoms with Crippen LogP contribution < -0.4 is 5.73 Å². The van der Waals surface area contributed by atoms with Crippen molar-refractivity contribution in [2.24, 2.45) is 11.7 Å². The molecule has 0 aromatic rings. The Hall–Kier alpha value is -1.61. The predicted octanol–water partition coefficient (Wildman–Crippen LogP) is 3.48. The maximum Gasteiger partial charge on any atom is 0.303 e. The normalized spacial score (nSPS) is 19.1. The fraction of sp³-hybridized carbons (Fsp3) is 0.714. The van der Waals surface area contributed by atoms with E-state index in [1.54, 1.807) is 4.90 Å². The molecule has 2 saturated heterocycles. The van der Waals surface area contributed by atoms with Gasteiger partial charge in [-0.1, -0.05) is 62.5 Å². The maximum atomic E-state index is 12.7. The number of carbonyl (C=O) groups excluding carboxylic acids is 2. The van der Waals surface area contributed by atoms with Crippen molar-refractivity contribution < 1.29 is 19.5 Å². The summed E-state index contributed by atoms with van der Waals surface area (Å²) in [6, 6.07) is 0. The number of carboxylic acid groups (broad SMARTS) is 1. The highest BCUT2D eigenvalue weighted by Gasteiger charge is 2.32. The molecule has 0 saturated carbocycles. The van der Waals surface area contributed by atoms with Crippen LogP contribution in [-0.4, -0.2) is 56.6 Å². The van der Waals surface area contributed by atoms with Gasteiger partial charge in [-0.05, 0) is 25.7 Å². The lowest BCUT2D eigenvalue weighted by atomic mass is 9.97. The number of primary amides is 1. The van der Waals surface area contributed by atoms with Gasteiger partial charge in [0.25, 0.3) is 5.91 Å². The fourth-order valence-electron chi connectivity index (χ4n) is 3.77. The third-order valence-corrected chi connectivity index (χ3v) is 6.99. The average Bonchev–Trinajstić information content (AvgIpc) is 2.96. The lowest BCUT2D eigenvalue weighted by Gasteiger charge is -2.29. The van der Waals surface area contributed by atoms with Crippen LogP contribution in [0.2, 0.25) is 0 Å². The van der Waals surface area contributed by atoms with Gasteiger partial charge in [0, 0.05) is 38.2 Å². The molecule has 2 aliphatic heterocycles. The minimum atomic E-state index is -0.715. The van der Waals surface area contributed by atoms with Crippen LogP contribution in [0.1, 0.15) is 70.6 Å². The third-order valence-electron chi connectivity index (χ3n) is 5.63. The molecule has 2 amide bonds. The predicted molar refractivity (Wildman–Crippen MR) is 123 cm³/mol. The van der Waals surface area contributed by atoms with E-state index in [0.29, 0.717) is 15.8 Å². The Morgan fingerprint density at radius 3 is 2.20 bits per heavy atom. The molecule has 0 bridgehead atoms. The van der Waals surface area contributed by atoms with Gasteiger partial charge in [-0.15, -0.1) is 0 Å². The topological polar surface area (TPSA) is 104 Å². The first-order chi connectivity index (χ1) is 14.4. The van der Waals surface area contributed by atoms with Crippen molar-refractivity contribution in [3.63, 3.8) is 0 Å². The second-order valence-corrected chi connectivity index (χ2v) is 9.68. The van der Waals surface area contributed by atoms with Crippen LogP contribution >= 0.6 is 24.0 Å². The van der Waals surface area contributed by atoms with E-state index in [-0.39, 0.29) is 24.2 Å². The zero-order chi connectivity index (χ0) is 21.9. The van der Waals surface area contributed by atoms with Gasteiger partial charge in [-0.3, -0.25) is 19.3 Å². The molecule has 2 rings (SSSR count). The van der Waals surface area contributed by atoms with E-state index in [2.05, 4.69) is 4.90 Å². The Morgan fingerprint density at radius 2 is 1.63 bits per heavy atom. The molecule has 0 unspecified atom stereocenters. The zero-order valence-electron chi connectivity index (χ0n) is 17.5. The van der Waals surface area contributed by atoms with Gasteiger partial charge < -0.3 is 15.7 Å². The molecular weight excluding hydrogens is 422 g/mol. The molecule has 7 nitrogen and oxygen atoms in total. The summed E-state index contributed by atoms with van der Waals surface area (Å²) in [5.41, 5.74) is 5.37. The van der Waals surface area contributed by atoms with Crippen molar-refractivity contribution in [2.45, 2.75) is 70.6 Å². The summed E-state index contributed by atoms with van der Waals surface area (Å²) in [6.07, 6.45) is 11.8. The quantitative estimate of drug-likeness (QED) is 0.249. The number of amides is 2. The highest BCUT2D eigenvalue weighted by molar-refractivity contribution is 8.26. The first-order valence-corrected chi connectivity index (χ1v) is 12.1. The van der Waals surface area contributed by atoms with Gasteiger partial charge in [-0.25, -0.2) is 0 Å². The number of rotatable bonds is 13. The zero-order valence-corrected chi connectivity index (χ0v) is 19.1. The SMILES string of the molecule is NC(=O)C1CCN(/C=C2/SC(=S)N(CCCCCCCCCCC(=O)O)C2=O)CC1. The average molecular weight is 456 g/mol. The maximum absolute atomic E-state index is 12.7. The Balaban J connectivity index is 1.61. The second-order valence-electron chi connectivity index (χ2n) is 8.00. The summed E-state index contributed by atoms with van der Waals surface area (Å²) >= 11 is 6.76. The summed E-state index contributed by atoms with van der Waals surface area (Å²) < 4.78 is 0.622. The van der Waals surface area contributed by atoms with Gasteiger partial charge in [-0.2, -0.15) is 0 Å². The number of unbranched alkanes of at least 4 members (excludes halogenated alkanes) is 7. The number of nitrogens with zero attached hydrogens (tertiary/aromatic N) is 2. The van der Waals surface area contributed by atoms with E-state index in [0.717, 1.165) is 77.3 Å². The van der Waals surface area contributed by atoms with E-state index in [1.165, 1.54) is 11.8 Å². The highest BCUT2D eigenvalue weighted by atomic mass is 32.2. The van der Waals surface area contributed by atoms with Crippen molar-refractivity contribution in [3.05, 3.63) is 11.1 Å². The van der Waals surface area contributed by atoms with Crippen molar-refractivity contribution in [1.29, 1.82) is 0 Å². The number of thioether (sulfide) groups is 1. The van der Waals surface area contributed by atoms with Crippen molar-refractivity contribution in [1.82, 2.24) is 9.80 Å². The van der Waals surface area contributed by atoms with Gasteiger partial charge in [0.05, 0.1) is 4.91 Å². The number of hydrogen-bond acceptors (Lipinski definition) is 6. The first-order valence-electron chi connectivity index (χ1n) is 10.9. The lowest BCUT2D eigenvalue weighted by Crippen LogP contribution is -2.36. The molecule has 9 heteroatoms. The second kappa shape index (κ2) is 12.9. The van der Waals surface area contributed by atoms with Crippen molar-refractivity contribution >= 4 is 46.1 Å². The van der Waals surface area contributed by atoms with Crippen molar-refractivity contribution in [2.75, 3.05) is 19.6 Å². The monoisotopic (exact) mass is 455 g/mol. The largest absolute Gasteiger partial charge is 0.481 e. The molecule has 2 fully saturated rings. The first kappa shape index (κ1) is 24.7. The van der Waals surface area contributed by atoms with Gasteiger partial charge >= 0.3 is 5.97 Å². The van der Waals surface area contributed by atoms with Crippen LogP contribution in [0.5, 0.6) is 0 Å². The molecule has 168 valence electrons. The molecule has 0 spiro atoms. The number of likely N-dealkylation sites (tertiary alicyclic amines) is 1. The number of carbonyl (C=O) groups is 3. The number of piperidine rings is 1. The van der Waals surface area contributed by atoms with E-state index in [4.69, 9.17) is 23.1 Å². The third kappa shape index (κ3) is 8.26. The summed E-state index contributed by atoms with van der Waals surface area (Å²) in [6.45, 7) is 2.12. The summed E-state index contributed by atoms with van der Waals surface area (Å²) in [5.74, 6) is -1.03. The molecule has 2 heterocycles. The Morgan fingerprint density at radius 1 is 1.07 bits per heavy atom. The smallest absolute Gasteiger partial charge is 0.303 e. The molecule has 0 atom stereocenters. The summed E-state index contributed by atoms with van der Waals surface area (Å²) in [4.78, 5) is 38.9. The van der Waals surface area contributed by atoms with Gasteiger partial charge in [0.2, 0.25) is 5.91 Å². The van der Waals surface area contributed by atoms with Crippen LogP contribution in [0.15, 0.2) is 11.1 Å². The van der Waals surface area contributed by atoms with E-state index < -0.39 is 5.97 Å². The van der Waals surface area contributed by atoms with Gasteiger partial charge in [0.15, 0.2) is 0 Å². The van der Waals surface area contributed by atoms with Crippen LogP contribution in [0.3, 0.4) is 0 Å².